The SMILES string of the molecule is CCCCC1CN(CC2CCCCC2)C(=O)OC12CCN(C1CCN(C(=O)c3c(F)cccc3Br)CC1)CC2. The summed E-state index contributed by atoms with van der Waals surface area (Å²) in [5.41, 5.74) is -0.204. The topological polar surface area (TPSA) is 53.1 Å². The molecule has 3 saturated heterocycles. The first kappa shape index (κ1) is 28.8. The summed E-state index contributed by atoms with van der Waals surface area (Å²) >= 11 is 3.34. The van der Waals surface area contributed by atoms with Crippen LogP contribution in [0.3, 0.4) is 0 Å². The van der Waals surface area contributed by atoms with E-state index in [9.17, 15) is 14.0 Å². The number of hydrogen-bond donors (Lipinski definition) is 0. The molecule has 1 unspecified atom stereocenters. The minimum Gasteiger partial charge on any atom is -0.442 e. The summed E-state index contributed by atoms with van der Waals surface area (Å²) in [5.74, 6) is 0.322. The van der Waals surface area contributed by atoms with E-state index in [0.717, 1.165) is 64.7 Å². The van der Waals surface area contributed by atoms with E-state index in [1.54, 1.807) is 17.0 Å². The molecule has 8 heteroatoms. The molecule has 1 atom stereocenters. The number of ether oxygens (including phenoxy) is 1. The van der Waals surface area contributed by atoms with Gasteiger partial charge in [0, 0.05) is 68.5 Å². The molecule has 4 fully saturated rings. The number of benzene rings is 1. The Hall–Kier alpha value is -1.67. The zero-order chi connectivity index (χ0) is 27.4. The molecule has 4 aliphatic rings. The van der Waals surface area contributed by atoms with Gasteiger partial charge in [-0.1, -0.05) is 45.1 Å². The van der Waals surface area contributed by atoms with Gasteiger partial charge in [-0.05, 0) is 66.1 Å². The lowest BCUT2D eigenvalue weighted by atomic mass is 9.75. The predicted octanol–water partition coefficient (Wildman–Crippen LogP) is 6.87. The molecule has 39 heavy (non-hydrogen) atoms. The lowest BCUT2D eigenvalue weighted by Crippen LogP contribution is -2.61. The first-order valence-electron chi connectivity index (χ1n) is 15.4. The second kappa shape index (κ2) is 12.9. The molecule has 0 radical (unpaired) electrons. The third-order valence-electron chi connectivity index (χ3n) is 9.93. The minimum absolute atomic E-state index is 0.0899. The molecule has 216 valence electrons. The largest absolute Gasteiger partial charge is 0.442 e. The van der Waals surface area contributed by atoms with Crippen LogP contribution in [0.15, 0.2) is 22.7 Å². The van der Waals surface area contributed by atoms with Crippen molar-refractivity contribution in [3.63, 3.8) is 0 Å². The second-order valence-corrected chi connectivity index (χ2v) is 13.2. The fraction of sp³-hybridized carbons (Fsp3) is 0.742. The summed E-state index contributed by atoms with van der Waals surface area (Å²) in [6.45, 7) is 7.08. The van der Waals surface area contributed by atoms with Crippen molar-refractivity contribution < 1.29 is 18.7 Å². The van der Waals surface area contributed by atoms with Crippen molar-refractivity contribution in [1.29, 1.82) is 0 Å². The van der Waals surface area contributed by atoms with Crippen LogP contribution in [0.2, 0.25) is 0 Å². The van der Waals surface area contributed by atoms with E-state index < -0.39 is 5.82 Å². The number of amides is 2. The van der Waals surface area contributed by atoms with Crippen LogP contribution in [0.5, 0.6) is 0 Å². The number of likely N-dealkylation sites (tertiary alicyclic amines) is 2. The lowest BCUT2D eigenvalue weighted by Gasteiger charge is -2.52. The van der Waals surface area contributed by atoms with Gasteiger partial charge in [0.1, 0.15) is 11.4 Å². The Labute approximate surface area is 241 Å². The summed E-state index contributed by atoms with van der Waals surface area (Å²) in [4.78, 5) is 32.6. The average molecular weight is 607 g/mol. The zero-order valence-electron chi connectivity index (χ0n) is 23.5. The van der Waals surface area contributed by atoms with Crippen molar-refractivity contribution in [3.8, 4) is 0 Å². The fourth-order valence-corrected chi connectivity index (χ4v) is 8.05. The molecular formula is C31H45BrFN3O3. The summed E-state index contributed by atoms with van der Waals surface area (Å²) in [6, 6.07) is 5.07. The van der Waals surface area contributed by atoms with Crippen molar-refractivity contribution in [2.24, 2.45) is 11.8 Å². The van der Waals surface area contributed by atoms with Gasteiger partial charge in [-0.2, -0.15) is 0 Å². The first-order valence-corrected chi connectivity index (χ1v) is 16.1. The zero-order valence-corrected chi connectivity index (χ0v) is 25.1. The van der Waals surface area contributed by atoms with E-state index in [4.69, 9.17) is 4.74 Å². The summed E-state index contributed by atoms with van der Waals surface area (Å²) in [6.07, 6.45) is 13.3. The minimum atomic E-state index is -0.477. The van der Waals surface area contributed by atoms with Gasteiger partial charge in [-0.25, -0.2) is 9.18 Å². The van der Waals surface area contributed by atoms with Crippen LogP contribution in [0.4, 0.5) is 9.18 Å². The van der Waals surface area contributed by atoms with Gasteiger partial charge in [0.15, 0.2) is 0 Å². The lowest BCUT2D eigenvalue weighted by molar-refractivity contribution is -0.127. The molecule has 1 spiro atoms. The van der Waals surface area contributed by atoms with Crippen LogP contribution in [-0.4, -0.2) is 77.6 Å². The standard InChI is InChI=1S/C31H45BrFN3O3/c1-2-3-10-24-22-36(21-23-8-5-4-6-9-23)30(38)39-31(24)15-19-34(20-16-31)25-13-17-35(18-14-25)29(37)28-26(32)11-7-12-27(28)33/h7,11-12,23-25H,2-6,8-10,13-22H2,1H3. The molecule has 1 saturated carbocycles. The van der Waals surface area contributed by atoms with Crippen LogP contribution in [0.25, 0.3) is 0 Å². The van der Waals surface area contributed by atoms with Crippen LogP contribution >= 0.6 is 15.9 Å². The normalized spacial score (nSPS) is 25.2. The highest BCUT2D eigenvalue weighted by molar-refractivity contribution is 9.10. The van der Waals surface area contributed by atoms with Crippen LogP contribution < -0.4 is 0 Å². The Morgan fingerprint density at radius 3 is 2.46 bits per heavy atom. The van der Waals surface area contributed by atoms with Crippen LogP contribution in [0.1, 0.15) is 94.3 Å². The smallest absolute Gasteiger partial charge is 0.410 e. The average Bonchev–Trinajstić information content (AvgIpc) is 2.95. The Morgan fingerprint density at radius 1 is 1.08 bits per heavy atom. The number of hydrogen-bond acceptors (Lipinski definition) is 4. The number of halogens is 2. The van der Waals surface area contributed by atoms with Crippen molar-refractivity contribution in [3.05, 3.63) is 34.1 Å². The fourth-order valence-electron chi connectivity index (χ4n) is 7.54. The molecular weight excluding hydrogens is 561 g/mol. The Bertz CT molecular complexity index is 981. The Balaban J connectivity index is 1.16. The van der Waals surface area contributed by atoms with Gasteiger partial charge in [0.05, 0.1) is 5.56 Å². The van der Waals surface area contributed by atoms with Gasteiger partial charge < -0.3 is 14.5 Å². The van der Waals surface area contributed by atoms with E-state index in [1.165, 1.54) is 44.6 Å². The maximum Gasteiger partial charge on any atom is 0.410 e. The van der Waals surface area contributed by atoms with Crippen LogP contribution in [-0.2, 0) is 4.74 Å². The molecule has 3 heterocycles. The monoisotopic (exact) mass is 605 g/mol. The van der Waals surface area contributed by atoms with Crippen molar-refractivity contribution >= 4 is 27.9 Å². The van der Waals surface area contributed by atoms with Gasteiger partial charge in [-0.15, -0.1) is 0 Å². The van der Waals surface area contributed by atoms with E-state index >= 15 is 0 Å². The van der Waals surface area contributed by atoms with Crippen LogP contribution in [0, 0.1) is 17.7 Å². The molecule has 1 aliphatic carbocycles. The maximum absolute atomic E-state index is 14.4. The van der Waals surface area contributed by atoms with Gasteiger partial charge in [0.25, 0.3) is 5.91 Å². The number of carbonyl (C=O) groups is 2. The number of piperidine rings is 2. The van der Waals surface area contributed by atoms with Gasteiger partial charge in [0.2, 0.25) is 0 Å². The third kappa shape index (κ3) is 6.47. The number of nitrogens with zero attached hydrogens (tertiary/aromatic N) is 3. The quantitative estimate of drug-likeness (QED) is 0.340. The molecule has 0 bridgehead atoms. The number of carbonyl (C=O) groups excluding carboxylic acids is 2. The summed E-state index contributed by atoms with van der Waals surface area (Å²) in [5, 5.41) is 0. The highest BCUT2D eigenvalue weighted by Crippen LogP contribution is 2.42. The van der Waals surface area contributed by atoms with E-state index in [2.05, 4.69) is 27.8 Å². The highest BCUT2D eigenvalue weighted by Gasteiger charge is 2.50. The van der Waals surface area contributed by atoms with E-state index in [0.29, 0.717) is 35.4 Å². The predicted molar refractivity (Wildman–Crippen MR) is 154 cm³/mol. The number of rotatable bonds is 7. The molecule has 3 aliphatic heterocycles. The number of unbranched alkanes of at least 4 members (excludes halogenated alkanes) is 1. The van der Waals surface area contributed by atoms with E-state index in [-0.39, 0.29) is 23.2 Å². The van der Waals surface area contributed by atoms with Crippen molar-refractivity contribution in [1.82, 2.24) is 14.7 Å². The molecule has 1 aromatic rings. The molecule has 1 aromatic carbocycles. The van der Waals surface area contributed by atoms with Gasteiger partial charge >= 0.3 is 6.09 Å². The Morgan fingerprint density at radius 2 is 1.79 bits per heavy atom. The highest BCUT2D eigenvalue weighted by atomic mass is 79.9. The first-order chi connectivity index (χ1) is 18.9. The molecule has 0 aromatic heterocycles. The molecule has 5 rings (SSSR count). The molecule has 6 nitrogen and oxygen atoms in total. The van der Waals surface area contributed by atoms with E-state index in [1.807, 2.05) is 4.90 Å². The van der Waals surface area contributed by atoms with Crippen molar-refractivity contribution in [2.45, 2.75) is 95.6 Å². The third-order valence-corrected chi connectivity index (χ3v) is 10.6. The molecule has 2 amide bonds. The Kier molecular flexibility index (Phi) is 9.53. The second-order valence-electron chi connectivity index (χ2n) is 12.3. The maximum atomic E-state index is 14.4. The van der Waals surface area contributed by atoms with Gasteiger partial charge in [-0.3, -0.25) is 9.69 Å². The summed E-state index contributed by atoms with van der Waals surface area (Å²) in [7, 11) is 0. The molecule has 0 N–H and O–H groups in total. The summed E-state index contributed by atoms with van der Waals surface area (Å²) < 4.78 is 21.3. The van der Waals surface area contributed by atoms with Crippen molar-refractivity contribution in [2.75, 3.05) is 39.3 Å².